The number of primary sulfonamides is 1. The van der Waals surface area contributed by atoms with Gasteiger partial charge in [-0.05, 0) is 42.0 Å². The van der Waals surface area contributed by atoms with E-state index in [0.717, 1.165) is 5.56 Å². The standard InChI is InChI=1S/C14H14FN3O2S2/c15-12-3-1-2-4-13(12)18-14(21)17-9-10-5-7-11(8-6-10)22(16,19)20/h1-8H,9H2,(H2,16,19,20)(H2,17,18,21). The van der Waals surface area contributed by atoms with Gasteiger partial charge in [0.05, 0.1) is 10.6 Å². The van der Waals surface area contributed by atoms with Crippen molar-refractivity contribution < 1.29 is 12.8 Å². The minimum Gasteiger partial charge on any atom is -0.358 e. The van der Waals surface area contributed by atoms with Crippen LogP contribution in [0.1, 0.15) is 5.56 Å². The molecule has 116 valence electrons. The van der Waals surface area contributed by atoms with Crippen LogP contribution in [-0.2, 0) is 16.6 Å². The van der Waals surface area contributed by atoms with E-state index in [2.05, 4.69) is 10.6 Å². The van der Waals surface area contributed by atoms with Crippen LogP contribution in [0.3, 0.4) is 0 Å². The molecule has 0 heterocycles. The summed E-state index contributed by atoms with van der Waals surface area (Å²) in [6.45, 7) is 0.366. The van der Waals surface area contributed by atoms with Crippen LogP contribution in [0.25, 0.3) is 0 Å². The van der Waals surface area contributed by atoms with Gasteiger partial charge in [-0.3, -0.25) is 0 Å². The summed E-state index contributed by atoms with van der Waals surface area (Å²) in [6.07, 6.45) is 0. The monoisotopic (exact) mass is 339 g/mol. The van der Waals surface area contributed by atoms with Crippen LogP contribution in [0, 0.1) is 5.82 Å². The molecule has 4 N–H and O–H groups in total. The fourth-order valence-electron chi connectivity index (χ4n) is 1.71. The number of sulfonamides is 1. The first-order valence-electron chi connectivity index (χ1n) is 6.27. The maximum Gasteiger partial charge on any atom is 0.238 e. The van der Waals surface area contributed by atoms with Gasteiger partial charge in [-0.15, -0.1) is 0 Å². The lowest BCUT2D eigenvalue weighted by atomic mass is 10.2. The van der Waals surface area contributed by atoms with Gasteiger partial charge in [0.2, 0.25) is 10.0 Å². The molecule has 8 heteroatoms. The zero-order chi connectivity index (χ0) is 16.2. The van der Waals surface area contributed by atoms with Crippen molar-refractivity contribution in [3.8, 4) is 0 Å². The number of hydrogen-bond acceptors (Lipinski definition) is 3. The summed E-state index contributed by atoms with van der Waals surface area (Å²) in [5.41, 5.74) is 1.09. The predicted octanol–water partition coefficient (Wildman–Crippen LogP) is 1.96. The summed E-state index contributed by atoms with van der Waals surface area (Å²) in [5, 5.41) is 10.9. The Morgan fingerprint density at radius 3 is 2.36 bits per heavy atom. The minimum absolute atomic E-state index is 0.0447. The number of nitrogens with one attached hydrogen (secondary N) is 2. The van der Waals surface area contributed by atoms with Crippen molar-refractivity contribution >= 4 is 33.0 Å². The second-order valence-electron chi connectivity index (χ2n) is 4.48. The Morgan fingerprint density at radius 1 is 1.14 bits per heavy atom. The molecule has 0 aliphatic carbocycles. The molecule has 0 unspecified atom stereocenters. The van der Waals surface area contributed by atoms with Gasteiger partial charge in [-0.25, -0.2) is 17.9 Å². The van der Waals surface area contributed by atoms with Crippen LogP contribution >= 0.6 is 12.2 Å². The lowest BCUT2D eigenvalue weighted by molar-refractivity contribution is 0.597. The Morgan fingerprint density at radius 2 is 1.77 bits per heavy atom. The van der Waals surface area contributed by atoms with Crippen LogP contribution in [-0.4, -0.2) is 13.5 Å². The molecule has 0 aliphatic rings. The smallest absolute Gasteiger partial charge is 0.238 e. The van der Waals surface area contributed by atoms with Crippen molar-refractivity contribution in [2.24, 2.45) is 5.14 Å². The zero-order valence-electron chi connectivity index (χ0n) is 11.4. The summed E-state index contributed by atoms with van der Waals surface area (Å²) < 4.78 is 35.7. The van der Waals surface area contributed by atoms with E-state index >= 15 is 0 Å². The summed E-state index contributed by atoms with van der Waals surface area (Å²) in [6, 6.07) is 12.3. The lowest BCUT2D eigenvalue weighted by Crippen LogP contribution is -2.28. The Kier molecular flexibility index (Phi) is 5.07. The number of benzene rings is 2. The quantitative estimate of drug-likeness (QED) is 0.742. The maximum absolute atomic E-state index is 13.5. The topological polar surface area (TPSA) is 84.2 Å². The molecular weight excluding hydrogens is 325 g/mol. The van der Waals surface area contributed by atoms with E-state index in [1.165, 1.54) is 18.2 Å². The molecule has 2 rings (SSSR count). The van der Waals surface area contributed by atoms with Gasteiger partial charge in [-0.1, -0.05) is 24.3 Å². The molecule has 0 bridgehead atoms. The van der Waals surface area contributed by atoms with Gasteiger partial charge in [-0.2, -0.15) is 0 Å². The van der Waals surface area contributed by atoms with E-state index in [1.807, 2.05) is 0 Å². The summed E-state index contributed by atoms with van der Waals surface area (Å²) in [4.78, 5) is 0.0447. The third-order valence-electron chi connectivity index (χ3n) is 2.83. The second-order valence-corrected chi connectivity index (χ2v) is 6.45. The maximum atomic E-state index is 13.5. The summed E-state index contributed by atoms with van der Waals surface area (Å²) in [5.74, 6) is -0.399. The van der Waals surface area contributed by atoms with Crippen molar-refractivity contribution in [1.82, 2.24) is 5.32 Å². The van der Waals surface area contributed by atoms with Crippen molar-refractivity contribution in [2.75, 3.05) is 5.32 Å². The number of halogens is 1. The Bertz CT molecular complexity index is 777. The molecule has 0 amide bonds. The lowest BCUT2D eigenvalue weighted by Gasteiger charge is -2.11. The molecule has 2 aromatic rings. The highest BCUT2D eigenvalue weighted by Gasteiger charge is 2.07. The van der Waals surface area contributed by atoms with E-state index in [0.29, 0.717) is 6.54 Å². The van der Waals surface area contributed by atoms with E-state index in [1.54, 1.807) is 30.3 Å². The molecule has 0 saturated carbocycles. The highest BCUT2D eigenvalue weighted by atomic mass is 32.2. The number of nitrogens with two attached hydrogens (primary N) is 1. The van der Waals surface area contributed by atoms with E-state index in [9.17, 15) is 12.8 Å². The number of anilines is 1. The molecule has 22 heavy (non-hydrogen) atoms. The first kappa shape index (κ1) is 16.3. The largest absolute Gasteiger partial charge is 0.358 e. The van der Waals surface area contributed by atoms with Crippen LogP contribution in [0.4, 0.5) is 10.1 Å². The van der Waals surface area contributed by atoms with Gasteiger partial charge >= 0.3 is 0 Å². The first-order chi connectivity index (χ1) is 10.4. The molecule has 0 aliphatic heterocycles. The first-order valence-corrected chi connectivity index (χ1v) is 8.23. The third kappa shape index (κ3) is 4.48. The molecule has 0 fully saturated rings. The molecule has 0 spiro atoms. The van der Waals surface area contributed by atoms with Gasteiger partial charge < -0.3 is 10.6 Å². The van der Waals surface area contributed by atoms with Gasteiger partial charge in [0.15, 0.2) is 5.11 Å². The molecule has 5 nitrogen and oxygen atoms in total. The normalized spacial score (nSPS) is 11.0. The Labute approximate surface area is 133 Å². The average Bonchev–Trinajstić information content (AvgIpc) is 2.47. The van der Waals surface area contributed by atoms with Crippen LogP contribution < -0.4 is 15.8 Å². The number of rotatable bonds is 4. The van der Waals surface area contributed by atoms with Gasteiger partial charge in [0, 0.05) is 6.54 Å². The average molecular weight is 339 g/mol. The number of para-hydroxylation sites is 1. The summed E-state index contributed by atoms with van der Waals surface area (Å²) >= 11 is 5.08. The van der Waals surface area contributed by atoms with Crippen molar-refractivity contribution in [2.45, 2.75) is 11.4 Å². The highest BCUT2D eigenvalue weighted by molar-refractivity contribution is 7.89. The SMILES string of the molecule is NS(=O)(=O)c1ccc(CNC(=S)Nc2ccccc2F)cc1. The molecule has 0 radical (unpaired) electrons. The highest BCUT2D eigenvalue weighted by Crippen LogP contribution is 2.12. The van der Waals surface area contributed by atoms with Crippen molar-refractivity contribution in [1.29, 1.82) is 0 Å². The third-order valence-corrected chi connectivity index (χ3v) is 4.00. The van der Waals surface area contributed by atoms with E-state index < -0.39 is 15.8 Å². The van der Waals surface area contributed by atoms with Crippen LogP contribution in [0.5, 0.6) is 0 Å². The molecule has 0 saturated heterocycles. The summed E-state index contributed by atoms with van der Waals surface area (Å²) in [7, 11) is -3.70. The zero-order valence-corrected chi connectivity index (χ0v) is 13.0. The Balaban J connectivity index is 1.93. The molecular formula is C14H14FN3O2S2. The predicted molar refractivity (Wildman–Crippen MR) is 87.3 cm³/mol. The van der Waals surface area contributed by atoms with Crippen LogP contribution in [0.15, 0.2) is 53.4 Å². The van der Waals surface area contributed by atoms with E-state index in [4.69, 9.17) is 17.4 Å². The number of hydrogen-bond donors (Lipinski definition) is 3. The minimum atomic E-state index is -3.70. The molecule has 0 atom stereocenters. The van der Waals surface area contributed by atoms with Crippen molar-refractivity contribution in [3.05, 3.63) is 59.9 Å². The van der Waals surface area contributed by atoms with Gasteiger partial charge in [0.1, 0.15) is 5.82 Å². The second kappa shape index (κ2) is 6.82. The van der Waals surface area contributed by atoms with Gasteiger partial charge in [0.25, 0.3) is 0 Å². The van der Waals surface area contributed by atoms with Crippen LogP contribution in [0.2, 0.25) is 0 Å². The van der Waals surface area contributed by atoms with E-state index in [-0.39, 0.29) is 15.7 Å². The fraction of sp³-hybridized carbons (Fsp3) is 0.0714. The Hall–Kier alpha value is -2.03. The molecule has 2 aromatic carbocycles. The molecule has 0 aromatic heterocycles. The fourth-order valence-corrected chi connectivity index (χ4v) is 2.41. The number of thiocarbonyl (C=S) groups is 1. The van der Waals surface area contributed by atoms with Crippen molar-refractivity contribution in [3.63, 3.8) is 0 Å².